The van der Waals surface area contributed by atoms with Gasteiger partial charge in [0, 0.05) is 6.42 Å². The van der Waals surface area contributed by atoms with Gasteiger partial charge in [0.1, 0.15) is 17.5 Å². The number of H-pyrrole nitrogens is 1. The standard InChI is InChI=1S/C12H13F2N3/c1-3-4-9-15-12(17-16-9)10-8(13)6-5-7(2)11(10)14/h5-6H,3-4H2,1-2H3,(H,15,16,17). The summed E-state index contributed by atoms with van der Waals surface area (Å²) in [6, 6.07) is 2.62. The molecule has 5 heteroatoms. The first kappa shape index (κ1) is 11.7. The Morgan fingerprint density at radius 3 is 2.76 bits per heavy atom. The van der Waals surface area contributed by atoms with Crippen molar-refractivity contribution in [3.63, 3.8) is 0 Å². The molecule has 0 saturated heterocycles. The van der Waals surface area contributed by atoms with E-state index in [4.69, 9.17) is 0 Å². The molecule has 0 aliphatic carbocycles. The van der Waals surface area contributed by atoms with Crippen molar-refractivity contribution >= 4 is 0 Å². The third-order valence-corrected chi connectivity index (χ3v) is 2.53. The fourth-order valence-corrected chi connectivity index (χ4v) is 1.62. The zero-order valence-corrected chi connectivity index (χ0v) is 9.72. The van der Waals surface area contributed by atoms with Crippen LogP contribution in [0.1, 0.15) is 24.7 Å². The highest BCUT2D eigenvalue weighted by atomic mass is 19.1. The lowest BCUT2D eigenvalue weighted by Crippen LogP contribution is -1.95. The maximum atomic E-state index is 13.8. The van der Waals surface area contributed by atoms with E-state index in [-0.39, 0.29) is 11.4 Å². The number of nitrogens with one attached hydrogen (secondary N) is 1. The van der Waals surface area contributed by atoms with Gasteiger partial charge in [-0.2, -0.15) is 5.10 Å². The zero-order chi connectivity index (χ0) is 12.4. The molecule has 90 valence electrons. The number of halogens is 2. The third-order valence-electron chi connectivity index (χ3n) is 2.53. The number of aryl methyl sites for hydroxylation is 2. The van der Waals surface area contributed by atoms with Crippen LogP contribution < -0.4 is 0 Å². The summed E-state index contributed by atoms with van der Waals surface area (Å²) in [7, 11) is 0. The fraction of sp³-hybridized carbons (Fsp3) is 0.333. The summed E-state index contributed by atoms with van der Waals surface area (Å²) >= 11 is 0. The summed E-state index contributed by atoms with van der Waals surface area (Å²) < 4.78 is 27.4. The van der Waals surface area contributed by atoms with Gasteiger partial charge in [-0.3, -0.25) is 5.10 Å². The number of nitrogens with zero attached hydrogens (tertiary/aromatic N) is 2. The van der Waals surface area contributed by atoms with E-state index in [0.717, 1.165) is 6.42 Å². The number of rotatable bonds is 3. The molecule has 0 amide bonds. The molecular formula is C12H13F2N3. The second kappa shape index (κ2) is 4.61. The minimum Gasteiger partial charge on any atom is -0.263 e. The molecular weight excluding hydrogens is 224 g/mol. The van der Waals surface area contributed by atoms with Crippen LogP contribution >= 0.6 is 0 Å². The molecule has 2 aromatic rings. The molecule has 0 unspecified atom stereocenters. The summed E-state index contributed by atoms with van der Waals surface area (Å²) in [4.78, 5) is 4.09. The molecule has 0 bridgehead atoms. The first-order chi connectivity index (χ1) is 8.13. The van der Waals surface area contributed by atoms with Gasteiger partial charge < -0.3 is 0 Å². The van der Waals surface area contributed by atoms with Gasteiger partial charge in [0.2, 0.25) is 0 Å². The normalized spacial score (nSPS) is 10.8. The van der Waals surface area contributed by atoms with Crippen molar-refractivity contribution in [3.05, 3.63) is 35.2 Å². The molecule has 1 aromatic heterocycles. The SMILES string of the molecule is CCCc1nc(-c2c(F)ccc(C)c2F)n[nH]1. The fourth-order valence-electron chi connectivity index (χ4n) is 1.62. The lowest BCUT2D eigenvalue weighted by atomic mass is 10.1. The van der Waals surface area contributed by atoms with Crippen LogP contribution in [0.25, 0.3) is 11.4 Å². The smallest absolute Gasteiger partial charge is 0.187 e. The van der Waals surface area contributed by atoms with Crippen LogP contribution in [0.2, 0.25) is 0 Å². The molecule has 1 N–H and O–H groups in total. The van der Waals surface area contributed by atoms with Gasteiger partial charge in [0.15, 0.2) is 5.82 Å². The van der Waals surface area contributed by atoms with Crippen LogP contribution in [0.3, 0.4) is 0 Å². The average molecular weight is 237 g/mol. The first-order valence-corrected chi connectivity index (χ1v) is 5.49. The summed E-state index contributed by atoms with van der Waals surface area (Å²) in [6.07, 6.45) is 1.61. The van der Waals surface area contributed by atoms with Crippen molar-refractivity contribution in [1.82, 2.24) is 15.2 Å². The molecule has 17 heavy (non-hydrogen) atoms. The molecule has 0 aliphatic rings. The molecule has 1 heterocycles. The van der Waals surface area contributed by atoms with Crippen LogP contribution in [-0.4, -0.2) is 15.2 Å². The molecule has 0 atom stereocenters. The largest absolute Gasteiger partial charge is 0.263 e. The van der Waals surface area contributed by atoms with E-state index in [2.05, 4.69) is 15.2 Å². The third kappa shape index (κ3) is 2.18. The second-order valence-corrected chi connectivity index (χ2v) is 3.91. The van der Waals surface area contributed by atoms with Crippen molar-refractivity contribution in [1.29, 1.82) is 0 Å². The number of hydrogen-bond donors (Lipinski definition) is 1. The van der Waals surface area contributed by atoms with E-state index in [9.17, 15) is 8.78 Å². The van der Waals surface area contributed by atoms with Crippen LogP contribution in [0.5, 0.6) is 0 Å². The van der Waals surface area contributed by atoms with Crippen molar-refractivity contribution < 1.29 is 8.78 Å². The Hall–Kier alpha value is -1.78. The van der Waals surface area contributed by atoms with Gasteiger partial charge in [0.25, 0.3) is 0 Å². The van der Waals surface area contributed by atoms with Crippen molar-refractivity contribution in [3.8, 4) is 11.4 Å². The molecule has 0 radical (unpaired) electrons. The minimum absolute atomic E-state index is 0.0761. The van der Waals surface area contributed by atoms with E-state index in [1.165, 1.54) is 12.1 Å². The maximum Gasteiger partial charge on any atom is 0.187 e. The quantitative estimate of drug-likeness (QED) is 0.891. The lowest BCUT2D eigenvalue weighted by Gasteiger charge is -2.02. The van der Waals surface area contributed by atoms with E-state index in [0.29, 0.717) is 17.8 Å². The van der Waals surface area contributed by atoms with Crippen LogP contribution in [0, 0.1) is 18.6 Å². The topological polar surface area (TPSA) is 41.6 Å². The Labute approximate surface area is 97.9 Å². The number of aromatic nitrogens is 3. The summed E-state index contributed by atoms with van der Waals surface area (Å²) in [5.74, 6) is -0.530. The molecule has 3 nitrogen and oxygen atoms in total. The average Bonchev–Trinajstić information content (AvgIpc) is 2.73. The van der Waals surface area contributed by atoms with E-state index < -0.39 is 11.6 Å². The predicted molar refractivity (Wildman–Crippen MR) is 60.5 cm³/mol. The van der Waals surface area contributed by atoms with Gasteiger partial charge in [-0.05, 0) is 25.0 Å². The van der Waals surface area contributed by atoms with Gasteiger partial charge in [-0.1, -0.05) is 13.0 Å². The second-order valence-electron chi connectivity index (χ2n) is 3.91. The van der Waals surface area contributed by atoms with Crippen LogP contribution in [-0.2, 0) is 6.42 Å². The molecule has 0 fully saturated rings. The molecule has 1 aromatic carbocycles. The Bertz CT molecular complexity index is 535. The van der Waals surface area contributed by atoms with Crippen LogP contribution in [0.4, 0.5) is 8.78 Å². The highest BCUT2D eigenvalue weighted by Gasteiger charge is 2.17. The Kier molecular flexibility index (Phi) is 3.17. The number of hydrogen-bond acceptors (Lipinski definition) is 2. The van der Waals surface area contributed by atoms with Gasteiger partial charge in [0.05, 0.1) is 5.56 Å². The van der Waals surface area contributed by atoms with E-state index >= 15 is 0 Å². The molecule has 2 rings (SSSR count). The minimum atomic E-state index is -0.643. The molecule has 0 spiro atoms. The monoisotopic (exact) mass is 237 g/mol. The Morgan fingerprint density at radius 1 is 1.29 bits per heavy atom. The number of aromatic amines is 1. The molecule has 0 aliphatic heterocycles. The van der Waals surface area contributed by atoms with Crippen molar-refractivity contribution in [2.24, 2.45) is 0 Å². The van der Waals surface area contributed by atoms with Crippen molar-refractivity contribution in [2.75, 3.05) is 0 Å². The lowest BCUT2D eigenvalue weighted by molar-refractivity contribution is 0.582. The summed E-state index contributed by atoms with van der Waals surface area (Å²) in [6.45, 7) is 3.58. The van der Waals surface area contributed by atoms with Crippen molar-refractivity contribution in [2.45, 2.75) is 26.7 Å². The summed E-state index contributed by atoms with van der Waals surface area (Å²) in [5, 5.41) is 6.54. The van der Waals surface area contributed by atoms with E-state index in [1.54, 1.807) is 6.92 Å². The zero-order valence-electron chi connectivity index (χ0n) is 9.72. The Morgan fingerprint density at radius 2 is 2.06 bits per heavy atom. The summed E-state index contributed by atoms with van der Waals surface area (Å²) in [5.41, 5.74) is 0.215. The maximum absolute atomic E-state index is 13.8. The number of benzene rings is 1. The van der Waals surface area contributed by atoms with E-state index in [1.807, 2.05) is 6.92 Å². The Balaban J connectivity index is 2.48. The van der Waals surface area contributed by atoms with Gasteiger partial charge in [-0.25, -0.2) is 13.8 Å². The highest BCUT2D eigenvalue weighted by molar-refractivity contribution is 5.57. The first-order valence-electron chi connectivity index (χ1n) is 5.49. The van der Waals surface area contributed by atoms with Gasteiger partial charge in [-0.15, -0.1) is 0 Å². The van der Waals surface area contributed by atoms with Crippen LogP contribution in [0.15, 0.2) is 12.1 Å². The van der Waals surface area contributed by atoms with Gasteiger partial charge >= 0.3 is 0 Å². The highest BCUT2D eigenvalue weighted by Crippen LogP contribution is 2.25. The predicted octanol–water partition coefficient (Wildman–Crippen LogP) is 3.01. The molecule has 0 saturated carbocycles.